The summed E-state index contributed by atoms with van der Waals surface area (Å²) >= 11 is 0. The van der Waals surface area contributed by atoms with Gasteiger partial charge in [-0.15, -0.1) is 0 Å². The van der Waals surface area contributed by atoms with Crippen LogP contribution in [-0.2, 0) is 26.1 Å². The average molecular weight is 315 g/mol. The third-order valence-corrected chi connectivity index (χ3v) is 3.55. The summed E-state index contributed by atoms with van der Waals surface area (Å²) < 4.78 is 22.0. The Balaban J connectivity index is 2.59. The fraction of sp³-hybridized carbons (Fsp3) is 0.571. The lowest BCUT2D eigenvalue weighted by atomic mass is 10.3. The van der Waals surface area contributed by atoms with E-state index in [9.17, 15) is 13.8 Å². The van der Waals surface area contributed by atoms with Crippen LogP contribution in [0.15, 0.2) is 17.1 Å². The minimum Gasteiger partial charge on any atom is -0.488 e. The van der Waals surface area contributed by atoms with Gasteiger partial charge in [0, 0.05) is 28.8 Å². The number of hydrogen-bond acceptors (Lipinski definition) is 5. The Kier molecular flexibility index (Phi) is 7.14. The zero-order valence-corrected chi connectivity index (χ0v) is 13.3. The van der Waals surface area contributed by atoms with Crippen LogP contribution in [0.5, 0.6) is 5.75 Å². The average Bonchev–Trinajstić information content (AvgIpc) is 2.36. The fourth-order valence-electron chi connectivity index (χ4n) is 1.56. The Labute approximate surface area is 126 Å². The molecule has 0 aliphatic heterocycles. The molecule has 1 atom stereocenters. The van der Waals surface area contributed by atoms with Gasteiger partial charge < -0.3 is 14.5 Å². The van der Waals surface area contributed by atoms with E-state index in [-0.39, 0.29) is 28.8 Å². The monoisotopic (exact) mass is 315 g/mol. The van der Waals surface area contributed by atoms with Crippen LogP contribution >= 0.6 is 0 Å². The molecule has 1 aromatic rings. The number of aromatic amines is 1. The summed E-state index contributed by atoms with van der Waals surface area (Å²) in [5.74, 6) is -0.357. The highest BCUT2D eigenvalue weighted by Gasteiger charge is 2.12. The summed E-state index contributed by atoms with van der Waals surface area (Å²) in [6.07, 6.45) is 2.03. The van der Waals surface area contributed by atoms with Gasteiger partial charge in [-0.1, -0.05) is 6.92 Å². The Morgan fingerprint density at radius 1 is 1.43 bits per heavy atom. The molecule has 1 rings (SSSR count). The summed E-state index contributed by atoms with van der Waals surface area (Å²) in [6, 6.07) is 1.34. The predicted octanol–water partition coefficient (Wildman–Crippen LogP) is 1.36. The molecule has 1 aromatic heterocycles. The molecule has 0 amide bonds. The van der Waals surface area contributed by atoms with E-state index in [1.807, 2.05) is 6.92 Å². The van der Waals surface area contributed by atoms with Gasteiger partial charge in [0.2, 0.25) is 5.43 Å². The van der Waals surface area contributed by atoms with Crippen molar-refractivity contribution in [1.29, 1.82) is 0 Å². The summed E-state index contributed by atoms with van der Waals surface area (Å²) in [7, 11) is -1.42. The zero-order chi connectivity index (χ0) is 15.8. The third kappa shape index (κ3) is 6.57. The lowest BCUT2D eigenvalue weighted by Crippen LogP contribution is -2.19. The molecule has 0 spiro atoms. The number of ether oxygens (including phenoxy) is 2. The number of carbonyl (C=O) groups excluding carboxylic acids is 1. The van der Waals surface area contributed by atoms with Gasteiger partial charge in [-0.2, -0.15) is 0 Å². The quantitative estimate of drug-likeness (QED) is 0.732. The molecule has 0 aliphatic carbocycles. The van der Waals surface area contributed by atoms with Crippen LogP contribution in [-0.4, -0.2) is 33.6 Å². The maximum atomic E-state index is 11.8. The number of rotatable bonds is 8. The number of aromatic nitrogens is 1. The standard InChI is InChI=1S/C14H21NO5S/c1-4-5-19-13-7-15-11(6-12(13)16)8-21(18)9-14(17)20-10(2)3/h6-7,10H,4-5,8-9H2,1-3H3,(H,15,16). The van der Waals surface area contributed by atoms with Gasteiger partial charge in [0.05, 0.1) is 18.5 Å². The van der Waals surface area contributed by atoms with E-state index >= 15 is 0 Å². The highest BCUT2D eigenvalue weighted by atomic mass is 32.2. The van der Waals surface area contributed by atoms with Gasteiger partial charge in [0.15, 0.2) is 5.75 Å². The molecule has 1 unspecified atom stereocenters. The smallest absolute Gasteiger partial charge is 0.318 e. The second-order valence-electron chi connectivity index (χ2n) is 4.80. The van der Waals surface area contributed by atoms with Gasteiger partial charge in [-0.3, -0.25) is 13.8 Å². The SMILES string of the molecule is CCCOc1c[nH]c(CS(=O)CC(=O)OC(C)C)cc1=O. The molecule has 0 bridgehead atoms. The minimum absolute atomic E-state index is 0.0937. The molecule has 0 aliphatic rings. The van der Waals surface area contributed by atoms with E-state index in [0.717, 1.165) is 6.42 Å². The number of nitrogens with one attached hydrogen (secondary N) is 1. The first kappa shape index (κ1) is 17.4. The Hall–Kier alpha value is -1.63. The number of hydrogen-bond donors (Lipinski definition) is 1. The maximum absolute atomic E-state index is 11.8. The van der Waals surface area contributed by atoms with Gasteiger partial charge in [0.25, 0.3) is 0 Å². The Morgan fingerprint density at radius 3 is 2.71 bits per heavy atom. The number of esters is 1. The molecule has 0 radical (unpaired) electrons. The van der Waals surface area contributed by atoms with Crippen molar-refractivity contribution in [3.05, 3.63) is 28.2 Å². The summed E-state index contributed by atoms with van der Waals surface area (Å²) in [5, 5.41) is 0. The summed E-state index contributed by atoms with van der Waals surface area (Å²) in [6.45, 7) is 5.87. The first-order valence-corrected chi connectivity index (χ1v) is 8.30. The number of pyridine rings is 1. The highest BCUT2D eigenvalue weighted by molar-refractivity contribution is 7.84. The third-order valence-electron chi connectivity index (χ3n) is 2.36. The fourth-order valence-corrected chi connectivity index (χ4v) is 2.51. The van der Waals surface area contributed by atoms with E-state index in [1.165, 1.54) is 12.3 Å². The van der Waals surface area contributed by atoms with Gasteiger partial charge in [-0.05, 0) is 20.3 Å². The van der Waals surface area contributed by atoms with Crippen molar-refractivity contribution in [2.75, 3.05) is 12.4 Å². The van der Waals surface area contributed by atoms with E-state index in [0.29, 0.717) is 12.3 Å². The van der Waals surface area contributed by atoms with E-state index in [2.05, 4.69) is 4.98 Å². The van der Waals surface area contributed by atoms with Crippen molar-refractivity contribution >= 4 is 16.8 Å². The predicted molar refractivity (Wildman–Crippen MR) is 80.8 cm³/mol. The first-order chi connectivity index (χ1) is 9.92. The van der Waals surface area contributed by atoms with Crippen molar-refractivity contribution in [1.82, 2.24) is 4.98 Å². The van der Waals surface area contributed by atoms with Crippen molar-refractivity contribution in [3.8, 4) is 5.75 Å². The molecule has 118 valence electrons. The van der Waals surface area contributed by atoms with Crippen LogP contribution in [0.4, 0.5) is 0 Å². The second-order valence-corrected chi connectivity index (χ2v) is 6.26. The van der Waals surface area contributed by atoms with E-state index < -0.39 is 16.8 Å². The lowest BCUT2D eigenvalue weighted by Gasteiger charge is -2.08. The molecule has 1 heterocycles. The molecular formula is C14H21NO5S. The maximum Gasteiger partial charge on any atom is 0.318 e. The molecule has 21 heavy (non-hydrogen) atoms. The molecule has 1 N–H and O–H groups in total. The van der Waals surface area contributed by atoms with Crippen molar-refractivity contribution < 1.29 is 18.5 Å². The number of H-pyrrole nitrogens is 1. The topological polar surface area (TPSA) is 85.5 Å². The molecule has 7 heteroatoms. The second kappa shape index (κ2) is 8.61. The largest absolute Gasteiger partial charge is 0.488 e. The highest BCUT2D eigenvalue weighted by Crippen LogP contribution is 2.05. The van der Waals surface area contributed by atoms with Crippen LogP contribution in [0.2, 0.25) is 0 Å². The number of carbonyl (C=O) groups is 1. The van der Waals surface area contributed by atoms with Crippen LogP contribution < -0.4 is 10.2 Å². The van der Waals surface area contributed by atoms with Crippen LogP contribution in [0, 0.1) is 0 Å². The molecule has 0 saturated heterocycles. The van der Waals surface area contributed by atoms with Crippen LogP contribution in [0.25, 0.3) is 0 Å². The molecule has 0 fully saturated rings. The summed E-state index contributed by atoms with van der Waals surface area (Å²) in [5.41, 5.74) is 0.235. The molecular weight excluding hydrogens is 294 g/mol. The summed E-state index contributed by atoms with van der Waals surface area (Å²) in [4.78, 5) is 26.0. The Bertz CT molecular complexity index is 553. The zero-order valence-electron chi connectivity index (χ0n) is 12.5. The first-order valence-electron chi connectivity index (χ1n) is 6.81. The minimum atomic E-state index is -1.42. The van der Waals surface area contributed by atoms with Gasteiger partial charge >= 0.3 is 5.97 Å². The van der Waals surface area contributed by atoms with E-state index in [1.54, 1.807) is 13.8 Å². The molecule has 6 nitrogen and oxygen atoms in total. The Morgan fingerprint density at radius 2 is 2.14 bits per heavy atom. The van der Waals surface area contributed by atoms with Crippen molar-refractivity contribution in [2.24, 2.45) is 0 Å². The normalized spacial score (nSPS) is 12.2. The van der Waals surface area contributed by atoms with Crippen molar-refractivity contribution in [2.45, 2.75) is 39.0 Å². The van der Waals surface area contributed by atoms with Crippen LogP contribution in [0.3, 0.4) is 0 Å². The van der Waals surface area contributed by atoms with Gasteiger partial charge in [0.1, 0.15) is 5.75 Å². The van der Waals surface area contributed by atoms with Crippen molar-refractivity contribution in [3.63, 3.8) is 0 Å². The lowest BCUT2D eigenvalue weighted by molar-refractivity contribution is -0.144. The molecule has 0 aromatic carbocycles. The van der Waals surface area contributed by atoms with E-state index in [4.69, 9.17) is 9.47 Å². The van der Waals surface area contributed by atoms with Gasteiger partial charge in [-0.25, -0.2) is 0 Å². The van der Waals surface area contributed by atoms with Crippen LogP contribution in [0.1, 0.15) is 32.9 Å². The molecule has 0 saturated carbocycles.